The molecule has 1 unspecified atom stereocenters. The average molecular weight is 326 g/mol. The van der Waals surface area contributed by atoms with Crippen LogP contribution in [0.4, 0.5) is 10.5 Å². The first-order valence-electron chi connectivity index (χ1n) is 7.26. The fourth-order valence-corrected chi connectivity index (χ4v) is 2.65. The number of nitrogens with zero attached hydrogens (tertiary/aromatic N) is 1. The summed E-state index contributed by atoms with van der Waals surface area (Å²) < 4.78 is 0. The Labute approximate surface area is 134 Å². The molecule has 0 aromatic heterocycles. The lowest BCUT2D eigenvalue weighted by molar-refractivity contribution is -0.132. The Balaban J connectivity index is 2.02. The van der Waals surface area contributed by atoms with Gasteiger partial charge >= 0.3 is 6.03 Å². The maximum atomic E-state index is 12.4. The van der Waals surface area contributed by atoms with Crippen molar-refractivity contribution in [1.29, 1.82) is 0 Å². The van der Waals surface area contributed by atoms with Gasteiger partial charge in [-0.25, -0.2) is 4.79 Å². The summed E-state index contributed by atoms with van der Waals surface area (Å²) in [7, 11) is 0. The Hall–Kier alpha value is -1.79. The van der Waals surface area contributed by atoms with E-state index in [-0.39, 0.29) is 12.5 Å². The number of carbonyl (C=O) groups excluding carboxylic acids is 2. The van der Waals surface area contributed by atoms with Gasteiger partial charge in [-0.2, -0.15) is 0 Å². The van der Waals surface area contributed by atoms with Gasteiger partial charge in [-0.3, -0.25) is 9.69 Å². The number of urea groups is 1. The predicted molar refractivity (Wildman–Crippen MR) is 84.6 cm³/mol. The van der Waals surface area contributed by atoms with E-state index in [2.05, 4.69) is 10.6 Å². The number of β-amino-alcohol motifs (C(OH)–C–C–N with tert-alkyl or cyclic N) is 1. The minimum atomic E-state index is -1.06. The highest BCUT2D eigenvalue weighted by Gasteiger charge is 2.48. The number of aliphatic hydroxyl groups excluding tert-OH is 1. The molecule has 3 N–H and O–H groups in total. The molecule has 22 heavy (non-hydrogen) atoms. The number of imide groups is 1. The first-order chi connectivity index (χ1) is 10.4. The Kier molecular flexibility index (Phi) is 4.93. The van der Waals surface area contributed by atoms with Crippen LogP contribution in [0.2, 0.25) is 5.02 Å². The molecule has 1 aliphatic heterocycles. The molecule has 0 bridgehead atoms. The van der Waals surface area contributed by atoms with Crippen LogP contribution in [0.25, 0.3) is 0 Å². The third kappa shape index (κ3) is 3.18. The van der Waals surface area contributed by atoms with E-state index in [1.807, 2.05) is 13.8 Å². The molecule has 1 saturated heterocycles. The molecule has 0 saturated carbocycles. The summed E-state index contributed by atoms with van der Waals surface area (Å²) in [5, 5.41) is 16.2. The van der Waals surface area contributed by atoms with E-state index in [1.54, 1.807) is 24.3 Å². The Morgan fingerprint density at radius 3 is 2.36 bits per heavy atom. The van der Waals surface area contributed by atoms with Gasteiger partial charge in [-0.15, -0.1) is 0 Å². The summed E-state index contributed by atoms with van der Waals surface area (Å²) in [6.45, 7) is 3.59. The number of rotatable bonds is 6. The summed E-state index contributed by atoms with van der Waals surface area (Å²) in [4.78, 5) is 25.5. The van der Waals surface area contributed by atoms with Gasteiger partial charge in [0.05, 0.1) is 6.54 Å². The quantitative estimate of drug-likeness (QED) is 0.553. The zero-order valence-electron chi connectivity index (χ0n) is 12.6. The molecular weight excluding hydrogens is 306 g/mol. The average Bonchev–Trinajstić information content (AvgIpc) is 2.74. The summed E-state index contributed by atoms with van der Waals surface area (Å²) in [6, 6.07) is 6.32. The third-order valence-corrected chi connectivity index (χ3v) is 4.24. The van der Waals surface area contributed by atoms with E-state index in [0.29, 0.717) is 23.6 Å². The van der Waals surface area contributed by atoms with E-state index in [1.165, 1.54) is 0 Å². The van der Waals surface area contributed by atoms with Crippen molar-refractivity contribution in [2.24, 2.45) is 0 Å². The molecule has 7 heteroatoms. The lowest BCUT2D eigenvalue weighted by atomic mass is 9.93. The van der Waals surface area contributed by atoms with Gasteiger partial charge in [-0.05, 0) is 37.1 Å². The van der Waals surface area contributed by atoms with E-state index < -0.39 is 17.8 Å². The first-order valence-corrected chi connectivity index (χ1v) is 7.64. The monoisotopic (exact) mass is 325 g/mol. The van der Waals surface area contributed by atoms with Crippen LogP contribution >= 0.6 is 11.6 Å². The van der Waals surface area contributed by atoms with Gasteiger partial charge in [-0.1, -0.05) is 25.4 Å². The molecule has 1 aromatic carbocycles. The summed E-state index contributed by atoms with van der Waals surface area (Å²) in [6.07, 6.45) is -0.0169. The minimum absolute atomic E-state index is 0.116. The number of hydrogen-bond donors (Lipinski definition) is 3. The van der Waals surface area contributed by atoms with Crippen molar-refractivity contribution in [1.82, 2.24) is 10.2 Å². The highest BCUT2D eigenvalue weighted by atomic mass is 35.5. The van der Waals surface area contributed by atoms with Crippen molar-refractivity contribution >= 4 is 29.2 Å². The van der Waals surface area contributed by atoms with Crippen LogP contribution in [0.15, 0.2) is 24.3 Å². The fourth-order valence-electron chi connectivity index (χ4n) is 2.53. The zero-order chi connectivity index (χ0) is 16.3. The number of hydrogen-bond acceptors (Lipinski definition) is 4. The van der Waals surface area contributed by atoms with Crippen LogP contribution in [0.3, 0.4) is 0 Å². The van der Waals surface area contributed by atoms with Gasteiger partial charge in [0.2, 0.25) is 0 Å². The summed E-state index contributed by atoms with van der Waals surface area (Å²) >= 11 is 5.79. The van der Waals surface area contributed by atoms with E-state index in [0.717, 1.165) is 4.90 Å². The van der Waals surface area contributed by atoms with Crippen molar-refractivity contribution in [3.63, 3.8) is 0 Å². The van der Waals surface area contributed by atoms with Crippen LogP contribution in [-0.4, -0.2) is 40.3 Å². The number of halogens is 1. The molecule has 0 spiro atoms. The standard InChI is InChI=1S/C15H20ClN3O3/c1-3-15(4-2)13(21)19(14(22)18-15)9-12(20)17-11-7-5-10(16)6-8-11/h5-8,12,17,20H,3-4,9H2,1-2H3,(H,18,22). The smallest absolute Gasteiger partial charge is 0.325 e. The zero-order valence-corrected chi connectivity index (χ0v) is 13.4. The van der Waals surface area contributed by atoms with Crippen molar-refractivity contribution in [3.8, 4) is 0 Å². The molecule has 1 heterocycles. The van der Waals surface area contributed by atoms with E-state index in [9.17, 15) is 14.7 Å². The highest BCUT2D eigenvalue weighted by molar-refractivity contribution is 6.30. The number of carbonyl (C=O) groups is 2. The molecule has 1 aromatic rings. The lowest BCUT2D eigenvalue weighted by Crippen LogP contribution is -2.46. The summed E-state index contributed by atoms with van der Waals surface area (Å²) in [5.41, 5.74) is -0.196. The molecule has 120 valence electrons. The molecular formula is C15H20ClN3O3. The normalized spacial score (nSPS) is 18.3. The van der Waals surface area contributed by atoms with Crippen LogP contribution in [0.5, 0.6) is 0 Å². The van der Waals surface area contributed by atoms with Crippen LogP contribution in [0.1, 0.15) is 26.7 Å². The number of amides is 3. The van der Waals surface area contributed by atoms with Crippen molar-refractivity contribution < 1.29 is 14.7 Å². The Morgan fingerprint density at radius 1 is 1.27 bits per heavy atom. The van der Waals surface area contributed by atoms with Gasteiger partial charge in [0.15, 0.2) is 0 Å². The number of anilines is 1. The maximum absolute atomic E-state index is 12.4. The molecule has 2 rings (SSSR count). The molecule has 1 atom stereocenters. The van der Waals surface area contributed by atoms with Crippen molar-refractivity contribution in [2.45, 2.75) is 38.5 Å². The molecule has 0 aliphatic carbocycles. The lowest BCUT2D eigenvalue weighted by Gasteiger charge is -2.24. The van der Waals surface area contributed by atoms with E-state index >= 15 is 0 Å². The Morgan fingerprint density at radius 2 is 1.86 bits per heavy atom. The first kappa shape index (κ1) is 16.6. The van der Waals surface area contributed by atoms with Crippen LogP contribution < -0.4 is 10.6 Å². The second kappa shape index (κ2) is 6.54. The van der Waals surface area contributed by atoms with Gasteiger partial charge in [0, 0.05) is 10.7 Å². The molecule has 0 radical (unpaired) electrons. The highest BCUT2D eigenvalue weighted by Crippen LogP contribution is 2.25. The fraction of sp³-hybridized carbons (Fsp3) is 0.467. The van der Waals surface area contributed by atoms with Crippen LogP contribution in [-0.2, 0) is 4.79 Å². The minimum Gasteiger partial charge on any atom is -0.372 e. The second-order valence-electron chi connectivity index (χ2n) is 5.30. The Bertz CT molecular complexity index is 558. The van der Waals surface area contributed by atoms with Crippen LogP contribution in [0, 0.1) is 0 Å². The summed E-state index contributed by atoms with van der Waals surface area (Å²) in [5.74, 6) is -0.292. The number of nitrogens with one attached hydrogen (secondary N) is 2. The predicted octanol–water partition coefficient (Wildman–Crippen LogP) is 2.18. The molecule has 1 aliphatic rings. The van der Waals surface area contributed by atoms with E-state index in [4.69, 9.17) is 11.6 Å². The molecule has 3 amide bonds. The third-order valence-electron chi connectivity index (χ3n) is 3.99. The molecule has 6 nitrogen and oxygen atoms in total. The van der Waals surface area contributed by atoms with Crippen molar-refractivity contribution in [3.05, 3.63) is 29.3 Å². The number of aliphatic hydroxyl groups is 1. The van der Waals surface area contributed by atoms with Crippen molar-refractivity contribution in [2.75, 3.05) is 11.9 Å². The second-order valence-corrected chi connectivity index (χ2v) is 5.74. The number of benzene rings is 1. The molecule has 1 fully saturated rings. The topological polar surface area (TPSA) is 81.7 Å². The largest absolute Gasteiger partial charge is 0.372 e. The van der Waals surface area contributed by atoms with Gasteiger partial charge in [0.25, 0.3) is 5.91 Å². The van der Waals surface area contributed by atoms with Gasteiger partial charge < -0.3 is 15.7 Å². The van der Waals surface area contributed by atoms with Gasteiger partial charge in [0.1, 0.15) is 11.8 Å². The maximum Gasteiger partial charge on any atom is 0.325 e. The SMILES string of the molecule is CCC1(CC)NC(=O)N(CC(O)Nc2ccc(Cl)cc2)C1=O.